The van der Waals surface area contributed by atoms with E-state index in [1.54, 1.807) is 15.8 Å². The lowest BCUT2D eigenvalue weighted by Gasteiger charge is -2.44. The van der Waals surface area contributed by atoms with Crippen molar-refractivity contribution in [3.05, 3.63) is 123 Å². The molecule has 234 valence electrons. The van der Waals surface area contributed by atoms with Gasteiger partial charge < -0.3 is 14.4 Å². The molecular formula is C35H35F2N3O4S. The Morgan fingerprint density at radius 2 is 1.73 bits per heavy atom. The first kappa shape index (κ1) is 30.7. The molecule has 2 aliphatic rings. The van der Waals surface area contributed by atoms with Gasteiger partial charge in [-0.25, -0.2) is 8.78 Å². The number of rotatable bonds is 10. The van der Waals surface area contributed by atoms with E-state index in [2.05, 4.69) is 0 Å². The highest BCUT2D eigenvalue weighted by Crippen LogP contribution is 2.47. The minimum absolute atomic E-state index is 0.0539. The van der Waals surface area contributed by atoms with Crippen LogP contribution in [0.1, 0.15) is 71.9 Å². The van der Waals surface area contributed by atoms with Crippen molar-refractivity contribution < 1.29 is 23.0 Å². The summed E-state index contributed by atoms with van der Waals surface area (Å²) in [5.41, 5.74) is 2.10. The van der Waals surface area contributed by atoms with Gasteiger partial charge in [0.25, 0.3) is 5.91 Å². The second-order valence-corrected chi connectivity index (χ2v) is 12.1. The Bertz CT molecular complexity index is 1760. The average Bonchev–Trinajstić information content (AvgIpc) is 3.23. The van der Waals surface area contributed by atoms with Gasteiger partial charge in [-0.15, -0.1) is 11.8 Å². The standard InChI is InChI=1S/C35H35F2N3O4S/c1-3-5-16-38-22-40(39-17-15-27(41)34(33(39)35(38)42)44-20-23-11-7-6-8-12-23)32-24-13-9-10-14-29(24)45-21-25-30(32)28(43-18-4-2)19-26(36)31(25)37/h6-15,17,19,32H,3-5,16,18,20-22H2,1-2H3. The lowest BCUT2D eigenvalue weighted by Crippen LogP contribution is -2.56. The maximum atomic E-state index is 15.7. The number of thioether (sulfide) groups is 1. The third-order valence-electron chi connectivity index (χ3n) is 8.07. The molecule has 7 nitrogen and oxygen atoms in total. The molecule has 10 heteroatoms. The van der Waals surface area contributed by atoms with Crippen molar-refractivity contribution >= 4 is 17.7 Å². The summed E-state index contributed by atoms with van der Waals surface area (Å²) in [5.74, 6) is -1.81. The highest BCUT2D eigenvalue weighted by atomic mass is 32.2. The van der Waals surface area contributed by atoms with Gasteiger partial charge in [-0.2, -0.15) is 0 Å². The summed E-state index contributed by atoms with van der Waals surface area (Å²) in [6.07, 6.45) is 3.84. The number of aromatic nitrogens is 1. The molecule has 0 saturated heterocycles. The molecule has 0 bridgehead atoms. The first-order chi connectivity index (χ1) is 21.9. The molecular weight excluding hydrogens is 596 g/mol. The van der Waals surface area contributed by atoms with E-state index in [1.807, 2.05) is 73.5 Å². The molecule has 0 N–H and O–H groups in total. The van der Waals surface area contributed by atoms with E-state index < -0.39 is 23.1 Å². The fourth-order valence-electron chi connectivity index (χ4n) is 5.86. The molecule has 1 aromatic heterocycles. The van der Waals surface area contributed by atoms with Crippen molar-refractivity contribution in [2.75, 3.05) is 24.8 Å². The van der Waals surface area contributed by atoms with Gasteiger partial charge in [-0.3, -0.25) is 19.3 Å². The van der Waals surface area contributed by atoms with Gasteiger partial charge in [0.15, 0.2) is 23.1 Å². The van der Waals surface area contributed by atoms with E-state index >= 15 is 8.78 Å². The summed E-state index contributed by atoms with van der Waals surface area (Å²) in [7, 11) is 0. The third-order valence-corrected chi connectivity index (χ3v) is 9.18. The second-order valence-electron chi connectivity index (χ2n) is 11.1. The van der Waals surface area contributed by atoms with Crippen LogP contribution in [0.2, 0.25) is 0 Å². The molecule has 6 rings (SSSR count). The molecule has 1 amide bonds. The molecule has 0 radical (unpaired) electrons. The van der Waals surface area contributed by atoms with Crippen LogP contribution in [-0.2, 0) is 12.4 Å². The highest BCUT2D eigenvalue weighted by molar-refractivity contribution is 7.98. The van der Waals surface area contributed by atoms with Crippen LogP contribution in [0, 0.1) is 11.6 Å². The van der Waals surface area contributed by atoms with E-state index in [0.29, 0.717) is 25.1 Å². The number of hydrogen-bond acceptors (Lipinski definition) is 6. The molecule has 0 saturated carbocycles. The van der Waals surface area contributed by atoms with Crippen LogP contribution in [0.5, 0.6) is 11.5 Å². The zero-order chi connectivity index (χ0) is 31.5. The smallest absolute Gasteiger partial charge is 0.277 e. The Morgan fingerprint density at radius 3 is 2.51 bits per heavy atom. The zero-order valence-corrected chi connectivity index (χ0v) is 26.1. The number of ether oxygens (including phenoxy) is 2. The van der Waals surface area contributed by atoms with Gasteiger partial charge in [-0.1, -0.05) is 68.8 Å². The molecule has 2 aliphatic heterocycles. The van der Waals surface area contributed by atoms with E-state index in [-0.39, 0.29) is 47.7 Å². The topological polar surface area (TPSA) is 64.0 Å². The number of carbonyl (C=O) groups excluding carboxylic acids is 1. The average molecular weight is 632 g/mol. The van der Waals surface area contributed by atoms with Gasteiger partial charge in [-0.05, 0) is 30.0 Å². The number of pyridine rings is 1. The van der Waals surface area contributed by atoms with Crippen molar-refractivity contribution in [1.82, 2.24) is 9.58 Å². The van der Waals surface area contributed by atoms with E-state index in [1.165, 1.54) is 17.8 Å². The quantitative estimate of drug-likeness (QED) is 0.187. The maximum absolute atomic E-state index is 15.7. The predicted octanol–water partition coefficient (Wildman–Crippen LogP) is 7.04. The fourth-order valence-corrected chi connectivity index (χ4v) is 6.97. The molecule has 4 aromatic rings. The Kier molecular flexibility index (Phi) is 9.11. The van der Waals surface area contributed by atoms with Gasteiger partial charge in [0.1, 0.15) is 25.1 Å². The van der Waals surface area contributed by atoms with Crippen LogP contribution >= 0.6 is 11.8 Å². The number of hydrogen-bond donors (Lipinski definition) is 0. The maximum Gasteiger partial charge on any atom is 0.277 e. The normalized spacial score (nSPS) is 15.6. The summed E-state index contributed by atoms with van der Waals surface area (Å²) in [4.78, 5) is 30.0. The van der Waals surface area contributed by atoms with Crippen molar-refractivity contribution in [2.45, 2.75) is 56.4 Å². The van der Waals surface area contributed by atoms with Crippen LogP contribution in [0.25, 0.3) is 0 Å². The summed E-state index contributed by atoms with van der Waals surface area (Å²) in [6.45, 7) is 5.00. The number of amides is 1. The molecule has 3 heterocycles. The van der Waals surface area contributed by atoms with Crippen LogP contribution < -0.4 is 19.9 Å². The second kappa shape index (κ2) is 13.4. The molecule has 0 aliphatic carbocycles. The highest BCUT2D eigenvalue weighted by Gasteiger charge is 2.41. The fraction of sp³-hybridized carbons (Fsp3) is 0.314. The van der Waals surface area contributed by atoms with E-state index in [0.717, 1.165) is 34.9 Å². The lowest BCUT2D eigenvalue weighted by molar-refractivity contribution is 0.0673. The zero-order valence-electron chi connectivity index (χ0n) is 25.3. The Morgan fingerprint density at radius 1 is 0.956 bits per heavy atom. The number of nitrogens with zero attached hydrogens (tertiary/aromatic N) is 3. The number of halogens is 2. The first-order valence-electron chi connectivity index (χ1n) is 15.3. The number of fused-ring (bicyclic) bond motifs is 3. The van der Waals surface area contributed by atoms with Gasteiger partial charge >= 0.3 is 0 Å². The first-order valence-corrected chi connectivity index (χ1v) is 16.2. The molecule has 1 unspecified atom stereocenters. The van der Waals surface area contributed by atoms with E-state index in [9.17, 15) is 9.59 Å². The van der Waals surface area contributed by atoms with E-state index in [4.69, 9.17) is 9.47 Å². The summed E-state index contributed by atoms with van der Waals surface area (Å²) < 4.78 is 44.6. The Labute approximate surface area is 265 Å². The SMILES string of the molecule is CCCCN1CN(C2c3ccccc3SCc3c(F)c(F)cc(OCCC)c32)n2ccc(=O)c(OCc3ccccc3)c2C1=O. The number of unbranched alkanes of at least 4 members (excludes halogenated alkanes) is 1. The van der Waals surface area contributed by atoms with Crippen LogP contribution in [0.15, 0.2) is 82.6 Å². The molecule has 45 heavy (non-hydrogen) atoms. The minimum Gasteiger partial charge on any atom is -0.493 e. The largest absolute Gasteiger partial charge is 0.493 e. The van der Waals surface area contributed by atoms with Crippen LogP contribution in [0.4, 0.5) is 8.78 Å². The number of benzene rings is 3. The van der Waals surface area contributed by atoms with Crippen LogP contribution in [0.3, 0.4) is 0 Å². The molecule has 3 aromatic carbocycles. The summed E-state index contributed by atoms with van der Waals surface area (Å²) >= 11 is 1.43. The third kappa shape index (κ3) is 5.91. The van der Waals surface area contributed by atoms with Gasteiger partial charge in [0.2, 0.25) is 5.43 Å². The predicted molar refractivity (Wildman–Crippen MR) is 170 cm³/mol. The van der Waals surface area contributed by atoms with Crippen LogP contribution in [-0.4, -0.2) is 35.3 Å². The number of carbonyl (C=O) groups is 1. The van der Waals surface area contributed by atoms with Gasteiger partial charge in [0, 0.05) is 46.6 Å². The lowest BCUT2D eigenvalue weighted by atomic mass is 9.92. The molecule has 0 spiro atoms. The summed E-state index contributed by atoms with van der Waals surface area (Å²) in [5, 5.41) is 1.93. The van der Waals surface area contributed by atoms with Crippen molar-refractivity contribution in [1.29, 1.82) is 0 Å². The monoisotopic (exact) mass is 631 g/mol. The minimum atomic E-state index is -0.968. The van der Waals surface area contributed by atoms with Crippen molar-refractivity contribution in [3.8, 4) is 11.5 Å². The molecule has 1 atom stereocenters. The molecule has 0 fully saturated rings. The Hall–Kier alpha value is -4.31. The van der Waals surface area contributed by atoms with Crippen molar-refractivity contribution in [3.63, 3.8) is 0 Å². The van der Waals surface area contributed by atoms with Gasteiger partial charge in [0.05, 0.1) is 6.61 Å². The summed E-state index contributed by atoms with van der Waals surface area (Å²) in [6, 6.07) is 19.0. The van der Waals surface area contributed by atoms with Crippen molar-refractivity contribution in [2.24, 2.45) is 0 Å². The Balaban J connectivity index is 1.58.